The van der Waals surface area contributed by atoms with Crippen LogP contribution in [0.15, 0.2) is 48.0 Å². The van der Waals surface area contributed by atoms with Crippen molar-refractivity contribution in [3.63, 3.8) is 0 Å². The molecule has 2 aliphatic heterocycles. The normalized spacial score (nSPS) is 21.9. The number of carbonyl (C=O) groups excluding carboxylic acids is 2. The van der Waals surface area contributed by atoms with Crippen molar-refractivity contribution in [2.24, 2.45) is 0 Å². The van der Waals surface area contributed by atoms with Gasteiger partial charge in [-0.05, 0) is 92.4 Å². The van der Waals surface area contributed by atoms with Crippen LogP contribution in [-0.4, -0.2) is 29.5 Å². The molecule has 6 heteroatoms. The minimum absolute atomic E-state index is 0.0734. The summed E-state index contributed by atoms with van der Waals surface area (Å²) in [6, 6.07) is 13.4. The zero-order valence-electron chi connectivity index (χ0n) is 18.5. The summed E-state index contributed by atoms with van der Waals surface area (Å²) in [5.41, 5.74) is 5.11. The van der Waals surface area contributed by atoms with E-state index >= 15 is 0 Å². The summed E-state index contributed by atoms with van der Waals surface area (Å²) in [7, 11) is 2.12. The van der Waals surface area contributed by atoms with Crippen molar-refractivity contribution in [3.8, 4) is 0 Å². The maximum absolute atomic E-state index is 13.3. The quantitative estimate of drug-likeness (QED) is 0.429. The average molecular weight is 434 g/mol. The van der Waals surface area contributed by atoms with Gasteiger partial charge in [0.05, 0.1) is 5.69 Å². The SMILES string of the molecule is Cc1cc2c(cc1/C=C1\C(=O)NC(=S)N(c3ccccc3)C1=O)[C@@H](C)CC(C)(C)N2C. The molecule has 1 N–H and O–H groups in total. The second kappa shape index (κ2) is 7.61. The summed E-state index contributed by atoms with van der Waals surface area (Å²) >= 11 is 5.28. The van der Waals surface area contributed by atoms with Crippen LogP contribution in [0, 0.1) is 6.92 Å². The second-order valence-electron chi connectivity index (χ2n) is 9.04. The molecule has 0 unspecified atom stereocenters. The Kier molecular flexibility index (Phi) is 5.21. The molecule has 0 spiro atoms. The van der Waals surface area contributed by atoms with Gasteiger partial charge in [0.1, 0.15) is 5.57 Å². The van der Waals surface area contributed by atoms with E-state index in [1.54, 1.807) is 18.2 Å². The molecule has 2 amide bonds. The molecule has 1 fully saturated rings. The summed E-state index contributed by atoms with van der Waals surface area (Å²) in [6.07, 6.45) is 2.72. The molecular formula is C25H27N3O2S. The molecule has 0 bridgehead atoms. The Labute approximate surface area is 188 Å². The first-order chi connectivity index (χ1) is 14.6. The Hall–Kier alpha value is -2.99. The fourth-order valence-electron chi connectivity index (χ4n) is 4.51. The van der Waals surface area contributed by atoms with Crippen LogP contribution in [0.4, 0.5) is 11.4 Å². The zero-order chi connectivity index (χ0) is 22.5. The third-order valence-electron chi connectivity index (χ3n) is 6.44. The summed E-state index contributed by atoms with van der Waals surface area (Å²) in [6.45, 7) is 8.75. The lowest BCUT2D eigenvalue weighted by atomic mass is 9.79. The van der Waals surface area contributed by atoms with Crippen LogP contribution in [0.2, 0.25) is 0 Å². The number of carbonyl (C=O) groups is 2. The lowest BCUT2D eigenvalue weighted by molar-refractivity contribution is -0.122. The van der Waals surface area contributed by atoms with Gasteiger partial charge in [0.25, 0.3) is 11.8 Å². The van der Waals surface area contributed by atoms with Crippen LogP contribution < -0.4 is 15.1 Å². The van der Waals surface area contributed by atoms with Gasteiger partial charge in [0.2, 0.25) is 0 Å². The van der Waals surface area contributed by atoms with Crippen molar-refractivity contribution in [2.45, 2.75) is 45.6 Å². The fraction of sp³-hybridized carbons (Fsp3) is 0.320. The topological polar surface area (TPSA) is 52.7 Å². The van der Waals surface area contributed by atoms with Gasteiger partial charge in [-0.15, -0.1) is 0 Å². The van der Waals surface area contributed by atoms with E-state index in [0.717, 1.165) is 17.5 Å². The van der Waals surface area contributed by atoms with Crippen molar-refractivity contribution in [2.75, 3.05) is 16.8 Å². The van der Waals surface area contributed by atoms with Gasteiger partial charge in [-0.25, -0.2) is 0 Å². The standard InChI is InChI=1S/C25H27N3O2S/c1-15-11-21-19(16(2)14-25(3,4)27(21)5)12-17(15)13-20-22(29)26-24(31)28(23(20)30)18-9-7-6-8-10-18/h6-13,16H,14H2,1-5H3,(H,26,29,31)/b20-13+/t16-/m0/s1. The molecule has 2 aliphatic rings. The average Bonchev–Trinajstić information content (AvgIpc) is 2.70. The molecule has 2 aromatic rings. The lowest BCUT2D eigenvalue weighted by Crippen LogP contribution is -2.54. The van der Waals surface area contributed by atoms with Crippen molar-refractivity contribution in [3.05, 3.63) is 64.7 Å². The molecule has 2 heterocycles. The van der Waals surface area contributed by atoms with Gasteiger partial charge in [0, 0.05) is 18.3 Å². The van der Waals surface area contributed by atoms with E-state index in [-0.39, 0.29) is 16.2 Å². The highest BCUT2D eigenvalue weighted by atomic mass is 32.1. The van der Waals surface area contributed by atoms with E-state index in [0.29, 0.717) is 11.6 Å². The zero-order valence-corrected chi connectivity index (χ0v) is 19.3. The third kappa shape index (κ3) is 3.65. The van der Waals surface area contributed by atoms with E-state index in [4.69, 9.17) is 12.2 Å². The highest BCUT2D eigenvalue weighted by molar-refractivity contribution is 7.80. The molecule has 0 radical (unpaired) electrons. The van der Waals surface area contributed by atoms with E-state index in [1.165, 1.54) is 16.2 Å². The highest BCUT2D eigenvalue weighted by Crippen LogP contribution is 2.43. The van der Waals surface area contributed by atoms with Crippen molar-refractivity contribution in [1.29, 1.82) is 0 Å². The number of hydrogen-bond donors (Lipinski definition) is 1. The number of para-hydroxylation sites is 1. The number of aryl methyl sites for hydroxylation is 1. The molecule has 0 saturated carbocycles. The van der Waals surface area contributed by atoms with E-state index in [9.17, 15) is 9.59 Å². The number of amides is 2. The number of benzene rings is 2. The maximum Gasteiger partial charge on any atom is 0.270 e. The molecule has 160 valence electrons. The molecule has 2 aromatic carbocycles. The predicted molar refractivity (Wildman–Crippen MR) is 129 cm³/mol. The minimum atomic E-state index is -0.467. The predicted octanol–water partition coefficient (Wildman–Crippen LogP) is 4.55. The first-order valence-corrected chi connectivity index (χ1v) is 10.9. The number of anilines is 2. The van der Waals surface area contributed by atoms with Gasteiger partial charge in [0.15, 0.2) is 5.11 Å². The van der Waals surface area contributed by atoms with E-state index in [1.807, 2.05) is 25.1 Å². The summed E-state index contributed by atoms with van der Waals surface area (Å²) < 4.78 is 0. The maximum atomic E-state index is 13.3. The fourth-order valence-corrected chi connectivity index (χ4v) is 4.80. The second-order valence-corrected chi connectivity index (χ2v) is 9.42. The van der Waals surface area contributed by atoms with Crippen molar-refractivity contribution < 1.29 is 9.59 Å². The Bertz CT molecular complexity index is 1120. The van der Waals surface area contributed by atoms with Gasteiger partial charge < -0.3 is 4.90 Å². The number of fused-ring (bicyclic) bond motifs is 1. The van der Waals surface area contributed by atoms with Gasteiger partial charge in [-0.1, -0.05) is 25.1 Å². The number of hydrogen-bond acceptors (Lipinski definition) is 4. The summed E-state index contributed by atoms with van der Waals surface area (Å²) in [5.74, 6) is -0.503. The number of nitrogens with one attached hydrogen (secondary N) is 1. The number of nitrogens with zero attached hydrogens (tertiary/aromatic N) is 2. The monoisotopic (exact) mass is 433 g/mol. The summed E-state index contributed by atoms with van der Waals surface area (Å²) in [4.78, 5) is 29.6. The van der Waals surface area contributed by atoms with Crippen LogP contribution in [0.5, 0.6) is 0 Å². The van der Waals surface area contributed by atoms with Crippen LogP contribution >= 0.6 is 12.2 Å². The molecule has 4 rings (SSSR count). The van der Waals surface area contributed by atoms with Gasteiger partial charge >= 0.3 is 0 Å². The van der Waals surface area contributed by atoms with Gasteiger partial charge in [-0.3, -0.25) is 19.8 Å². The van der Waals surface area contributed by atoms with Crippen LogP contribution in [0.3, 0.4) is 0 Å². The van der Waals surface area contributed by atoms with E-state index in [2.05, 4.69) is 50.2 Å². The van der Waals surface area contributed by atoms with Crippen LogP contribution in [0.25, 0.3) is 6.08 Å². The minimum Gasteiger partial charge on any atom is -0.369 e. The Morgan fingerprint density at radius 2 is 1.84 bits per heavy atom. The first-order valence-electron chi connectivity index (χ1n) is 10.4. The highest BCUT2D eigenvalue weighted by Gasteiger charge is 2.36. The lowest BCUT2D eigenvalue weighted by Gasteiger charge is -2.45. The van der Waals surface area contributed by atoms with Crippen LogP contribution in [-0.2, 0) is 9.59 Å². The summed E-state index contributed by atoms with van der Waals surface area (Å²) in [5, 5.41) is 2.75. The first kappa shape index (κ1) is 21.2. The number of thiocarbonyl (C=S) groups is 1. The van der Waals surface area contributed by atoms with E-state index < -0.39 is 11.8 Å². The van der Waals surface area contributed by atoms with Crippen molar-refractivity contribution in [1.82, 2.24) is 5.32 Å². The largest absolute Gasteiger partial charge is 0.369 e. The molecule has 31 heavy (non-hydrogen) atoms. The third-order valence-corrected chi connectivity index (χ3v) is 6.72. The number of rotatable bonds is 2. The van der Waals surface area contributed by atoms with Gasteiger partial charge in [-0.2, -0.15) is 0 Å². The Morgan fingerprint density at radius 3 is 2.52 bits per heavy atom. The molecule has 0 aliphatic carbocycles. The Morgan fingerprint density at radius 1 is 1.16 bits per heavy atom. The Balaban J connectivity index is 1.78. The molecule has 1 saturated heterocycles. The van der Waals surface area contributed by atoms with Crippen molar-refractivity contribution >= 4 is 46.6 Å². The molecule has 0 aromatic heterocycles. The molecular weight excluding hydrogens is 406 g/mol. The smallest absolute Gasteiger partial charge is 0.270 e. The van der Waals surface area contributed by atoms with Crippen LogP contribution in [0.1, 0.15) is 49.8 Å². The molecule has 1 atom stereocenters. The molecule has 5 nitrogen and oxygen atoms in total.